The van der Waals surface area contributed by atoms with Crippen LogP contribution in [0.2, 0.25) is 0 Å². The molecule has 2 aromatic heterocycles. The lowest BCUT2D eigenvalue weighted by Gasteiger charge is -2.08. The normalized spacial score (nSPS) is 10.8. The summed E-state index contributed by atoms with van der Waals surface area (Å²) >= 11 is 0. The van der Waals surface area contributed by atoms with E-state index < -0.39 is 5.97 Å². The average molecular weight is 350 g/mol. The second-order valence-electron chi connectivity index (χ2n) is 6.24. The fourth-order valence-corrected chi connectivity index (χ4v) is 2.89. The number of nitrogens with zero attached hydrogens (tertiary/aromatic N) is 4. The first-order chi connectivity index (χ1) is 12.6. The number of carbonyl (C=O) groups is 1. The predicted molar refractivity (Wildman–Crippen MR) is 99.1 cm³/mol. The van der Waals surface area contributed by atoms with Gasteiger partial charge in [-0.3, -0.25) is 4.98 Å². The highest BCUT2D eigenvalue weighted by Gasteiger charge is 2.13. The van der Waals surface area contributed by atoms with Gasteiger partial charge in [-0.15, -0.1) is 0 Å². The van der Waals surface area contributed by atoms with E-state index in [1.807, 2.05) is 35.9 Å². The minimum absolute atomic E-state index is 0.203. The molecule has 0 aliphatic carbocycles. The SMILES string of the molecule is CCCCc1nc(C)nn1Cc1ccc(-c2ncccc2C(=O)O)cc1. The molecule has 2 heterocycles. The molecule has 0 spiro atoms. The van der Waals surface area contributed by atoms with E-state index in [1.165, 1.54) is 0 Å². The third-order valence-corrected chi connectivity index (χ3v) is 4.21. The Hall–Kier alpha value is -3.02. The minimum Gasteiger partial charge on any atom is -0.478 e. The van der Waals surface area contributed by atoms with Gasteiger partial charge in [-0.25, -0.2) is 14.5 Å². The zero-order valence-corrected chi connectivity index (χ0v) is 15.0. The third-order valence-electron chi connectivity index (χ3n) is 4.21. The van der Waals surface area contributed by atoms with Gasteiger partial charge in [0.2, 0.25) is 0 Å². The van der Waals surface area contributed by atoms with Crippen molar-refractivity contribution in [2.24, 2.45) is 0 Å². The van der Waals surface area contributed by atoms with Crippen molar-refractivity contribution in [2.75, 3.05) is 0 Å². The minimum atomic E-state index is -0.976. The number of benzene rings is 1. The number of rotatable bonds is 7. The zero-order valence-electron chi connectivity index (χ0n) is 15.0. The largest absolute Gasteiger partial charge is 0.478 e. The summed E-state index contributed by atoms with van der Waals surface area (Å²) in [6, 6.07) is 11.0. The highest BCUT2D eigenvalue weighted by molar-refractivity contribution is 5.94. The van der Waals surface area contributed by atoms with E-state index in [4.69, 9.17) is 0 Å². The molecule has 0 aliphatic heterocycles. The van der Waals surface area contributed by atoms with Crippen LogP contribution in [0.25, 0.3) is 11.3 Å². The van der Waals surface area contributed by atoms with Crippen LogP contribution in [-0.4, -0.2) is 30.8 Å². The summed E-state index contributed by atoms with van der Waals surface area (Å²) < 4.78 is 1.95. The molecule has 26 heavy (non-hydrogen) atoms. The molecule has 0 fully saturated rings. The van der Waals surface area contributed by atoms with Crippen LogP contribution in [0.4, 0.5) is 0 Å². The Bertz CT molecular complexity index is 900. The van der Waals surface area contributed by atoms with Crippen molar-refractivity contribution >= 4 is 5.97 Å². The van der Waals surface area contributed by atoms with E-state index in [9.17, 15) is 9.90 Å². The van der Waals surface area contributed by atoms with Gasteiger partial charge in [0.25, 0.3) is 0 Å². The van der Waals surface area contributed by atoms with Crippen LogP contribution in [0.1, 0.15) is 47.3 Å². The van der Waals surface area contributed by atoms with Gasteiger partial charge in [0, 0.05) is 18.2 Å². The van der Waals surface area contributed by atoms with Gasteiger partial charge >= 0.3 is 5.97 Å². The molecule has 0 unspecified atom stereocenters. The van der Waals surface area contributed by atoms with Crippen LogP contribution in [0.3, 0.4) is 0 Å². The lowest BCUT2D eigenvalue weighted by Crippen LogP contribution is -2.07. The second-order valence-corrected chi connectivity index (χ2v) is 6.24. The van der Waals surface area contributed by atoms with Gasteiger partial charge in [-0.05, 0) is 31.0 Å². The fraction of sp³-hybridized carbons (Fsp3) is 0.300. The molecular formula is C20H22N4O2. The summed E-state index contributed by atoms with van der Waals surface area (Å²) in [6.07, 6.45) is 4.74. The monoisotopic (exact) mass is 350 g/mol. The van der Waals surface area contributed by atoms with Crippen molar-refractivity contribution < 1.29 is 9.90 Å². The first-order valence-corrected chi connectivity index (χ1v) is 8.76. The van der Waals surface area contributed by atoms with Crippen LogP contribution in [0.15, 0.2) is 42.6 Å². The topological polar surface area (TPSA) is 80.9 Å². The summed E-state index contributed by atoms with van der Waals surface area (Å²) in [6.45, 7) is 4.72. The number of hydrogen-bond donors (Lipinski definition) is 1. The quantitative estimate of drug-likeness (QED) is 0.702. The molecule has 0 bridgehead atoms. The number of carboxylic acid groups (broad SMARTS) is 1. The summed E-state index contributed by atoms with van der Waals surface area (Å²) in [5.74, 6) is 0.814. The van der Waals surface area contributed by atoms with E-state index in [2.05, 4.69) is 22.0 Å². The molecule has 0 atom stereocenters. The van der Waals surface area contributed by atoms with Crippen molar-refractivity contribution in [3.63, 3.8) is 0 Å². The zero-order chi connectivity index (χ0) is 18.5. The Balaban J connectivity index is 1.82. The first-order valence-electron chi connectivity index (χ1n) is 8.76. The van der Waals surface area contributed by atoms with E-state index in [0.717, 1.165) is 42.0 Å². The Labute approximate surface area is 152 Å². The lowest BCUT2D eigenvalue weighted by molar-refractivity contribution is 0.0697. The molecule has 1 N–H and O–H groups in total. The number of unbranched alkanes of at least 4 members (excludes halogenated alkanes) is 1. The number of aryl methyl sites for hydroxylation is 2. The average Bonchev–Trinajstić information content (AvgIpc) is 2.99. The Morgan fingerprint density at radius 1 is 1.19 bits per heavy atom. The summed E-state index contributed by atoms with van der Waals surface area (Å²) in [5, 5.41) is 13.8. The Kier molecular flexibility index (Phi) is 5.41. The smallest absolute Gasteiger partial charge is 0.337 e. The van der Waals surface area contributed by atoms with Gasteiger partial charge in [0.05, 0.1) is 17.8 Å². The molecule has 6 heteroatoms. The van der Waals surface area contributed by atoms with E-state index in [0.29, 0.717) is 12.2 Å². The molecule has 6 nitrogen and oxygen atoms in total. The van der Waals surface area contributed by atoms with Crippen LogP contribution < -0.4 is 0 Å². The molecule has 0 saturated carbocycles. The van der Waals surface area contributed by atoms with E-state index >= 15 is 0 Å². The fourth-order valence-electron chi connectivity index (χ4n) is 2.89. The maximum absolute atomic E-state index is 11.4. The number of aromatic carboxylic acids is 1. The molecule has 0 aliphatic rings. The Morgan fingerprint density at radius 2 is 1.96 bits per heavy atom. The molecule has 1 aromatic carbocycles. The summed E-state index contributed by atoms with van der Waals surface area (Å²) in [4.78, 5) is 20.1. The van der Waals surface area contributed by atoms with Crippen molar-refractivity contribution in [3.8, 4) is 11.3 Å². The standard InChI is InChI=1S/C20H22N4O2/c1-3-4-7-18-22-14(2)23-24(18)13-15-8-10-16(11-9-15)19-17(20(25)26)6-5-12-21-19/h5-6,8-12H,3-4,7,13H2,1-2H3,(H,25,26). The third kappa shape index (κ3) is 3.96. The highest BCUT2D eigenvalue weighted by Crippen LogP contribution is 2.22. The van der Waals surface area contributed by atoms with Gasteiger partial charge in [0.1, 0.15) is 11.6 Å². The van der Waals surface area contributed by atoms with Crippen LogP contribution in [0, 0.1) is 6.92 Å². The molecule has 0 saturated heterocycles. The molecule has 0 amide bonds. The predicted octanol–water partition coefficient (Wildman–Crippen LogP) is 3.74. The molecule has 134 valence electrons. The summed E-state index contributed by atoms with van der Waals surface area (Å²) in [5.41, 5.74) is 2.55. The van der Waals surface area contributed by atoms with Crippen molar-refractivity contribution in [1.82, 2.24) is 19.7 Å². The van der Waals surface area contributed by atoms with E-state index in [-0.39, 0.29) is 5.56 Å². The number of pyridine rings is 1. The lowest BCUT2D eigenvalue weighted by atomic mass is 10.0. The van der Waals surface area contributed by atoms with Crippen LogP contribution >= 0.6 is 0 Å². The molecule has 0 radical (unpaired) electrons. The second kappa shape index (κ2) is 7.91. The van der Waals surface area contributed by atoms with Crippen molar-refractivity contribution in [3.05, 3.63) is 65.4 Å². The van der Waals surface area contributed by atoms with E-state index in [1.54, 1.807) is 18.3 Å². The van der Waals surface area contributed by atoms with Gasteiger partial charge in [0.15, 0.2) is 0 Å². The maximum Gasteiger partial charge on any atom is 0.337 e. The van der Waals surface area contributed by atoms with Crippen LogP contribution in [-0.2, 0) is 13.0 Å². The van der Waals surface area contributed by atoms with Gasteiger partial charge in [-0.2, -0.15) is 5.10 Å². The van der Waals surface area contributed by atoms with Crippen molar-refractivity contribution in [1.29, 1.82) is 0 Å². The van der Waals surface area contributed by atoms with Crippen LogP contribution in [0.5, 0.6) is 0 Å². The first kappa shape index (κ1) is 17.8. The molecular weight excluding hydrogens is 328 g/mol. The highest BCUT2D eigenvalue weighted by atomic mass is 16.4. The Morgan fingerprint density at radius 3 is 2.65 bits per heavy atom. The maximum atomic E-state index is 11.4. The number of carboxylic acids is 1. The van der Waals surface area contributed by atoms with Gasteiger partial charge in [-0.1, -0.05) is 37.6 Å². The summed E-state index contributed by atoms with van der Waals surface area (Å²) in [7, 11) is 0. The van der Waals surface area contributed by atoms with Crippen molar-refractivity contribution in [2.45, 2.75) is 39.7 Å². The number of hydrogen-bond acceptors (Lipinski definition) is 4. The molecule has 3 rings (SSSR count). The molecule has 3 aromatic rings. The number of aromatic nitrogens is 4. The van der Waals surface area contributed by atoms with Gasteiger partial charge < -0.3 is 5.11 Å².